The summed E-state index contributed by atoms with van der Waals surface area (Å²) >= 11 is 3.32. The average molecular weight is 616 g/mol. The molecule has 12 heteroatoms. The van der Waals surface area contributed by atoms with Gasteiger partial charge in [-0.05, 0) is 52.2 Å². The number of rotatable bonds is 7. The van der Waals surface area contributed by atoms with Crippen LogP contribution in [0.5, 0.6) is 6.01 Å². The number of amides is 2. The molecule has 0 bridgehead atoms. The van der Waals surface area contributed by atoms with E-state index in [9.17, 15) is 14.4 Å². The van der Waals surface area contributed by atoms with Crippen LogP contribution in [0.25, 0.3) is 22.0 Å². The number of nitrogens with zero attached hydrogens (tertiary/aromatic N) is 6. The summed E-state index contributed by atoms with van der Waals surface area (Å²) < 4.78 is 7.17. The first-order valence-electron chi connectivity index (χ1n) is 13.0. The first kappa shape index (κ1) is 26.8. The van der Waals surface area contributed by atoms with Gasteiger partial charge in [-0.1, -0.05) is 31.2 Å². The Morgan fingerprint density at radius 1 is 1.15 bits per heavy atom. The molecule has 4 aromatic rings. The lowest BCUT2D eigenvalue weighted by Gasteiger charge is -2.38. The van der Waals surface area contributed by atoms with E-state index < -0.39 is 6.04 Å². The third-order valence-electron chi connectivity index (χ3n) is 7.67. The normalized spacial score (nSPS) is 20.9. The van der Waals surface area contributed by atoms with E-state index in [4.69, 9.17) is 4.74 Å². The van der Waals surface area contributed by atoms with Crippen molar-refractivity contribution in [1.29, 1.82) is 0 Å². The lowest BCUT2D eigenvalue weighted by Crippen LogP contribution is -2.50. The van der Waals surface area contributed by atoms with Gasteiger partial charge in [0.05, 0.1) is 18.7 Å². The molecule has 1 aliphatic carbocycles. The number of methoxy groups -OCH3 is 1. The quantitative estimate of drug-likeness (QED) is 0.187. The maximum atomic E-state index is 13.9. The lowest BCUT2D eigenvalue weighted by molar-refractivity contribution is -0.139. The topological polar surface area (TPSA) is 132 Å². The molecule has 1 aromatic carbocycles. The number of likely N-dealkylation sites (tertiary alicyclic amines) is 1. The molecule has 208 valence electrons. The molecule has 1 aliphatic heterocycles. The molecule has 2 amide bonds. The van der Waals surface area contributed by atoms with Crippen molar-refractivity contribution in [2.75, 3.05) is 12.4 Å². The Bertz CT molecular complexity index is 1740. The van der Waals surface area contributed by atoms with Gasteiger partial charge in [-0.25, -0.2) is 15.0 Å². The number of hydrogen-bond donors (Lipinski definition) is 1. The highest BCUT2D eigenvalue weighted by Crippen LogP contribution is 2.49. The van der Waals surface area contributed by atoms with E-state index >= 15 is 0 Å². The molecule has 0 spiro atoms. The fourth-order valence-electron chi connectivity index (χ4n) is 5.57. The second-order valence-electron chi connectivity index (χ2n) is 10.4. The Morgan fingerprint density at radius 2 is 1.93 bits per heavy atom. The summed E-state index contributed by atoms with van der Waals surface area (Å²) in [6.45, 7) is 3.36. The van der Waals surface area contributed by atoms with Crippen molar-refractivity contribution < 1.29 is 19.1 Å². The highest BCUT2D eigenvalue weighted by atomic mass is 79.9. The molecule has 1 N–H and O–H groups in total. The van der Waals surface area contributed by atoms with Crippen LogP contribution in [-0.4, -0.2) is 66.4 Å². The minimum absolute atomic E-state index is 0.131. The maximum Gasteiger partial charge on any atom is 0.316 e. The van der Waals surface area contributed by atoms with E-state index in [0.717, 1.165) is 11.1 Å². The van der Waals surface area contributed by atoms with Crippen LogP contribution in [0.1, 0.15) is 30.8 Å². The van der Waals surface area contributed by atoms with E-state index in [1.165, 1.54) is 18.7 Å². The minimum Gasteiger partial charge on any atom is -0.467 e. The predicted octanol–water partition coefficient (Wildman–Crippen LogP) is 4.05. The van der Waals surface area contributed by atoms with E-state index in [1.54, 1.807) is 35.5 Å². The zero-order valence-corrected chi connectivity index (χ0v) is 24.1. The van der Waals surface area contributed by atoms with Crippen LogP contribution >= 0.6 is 15.9 Å². The number of hydrogen-bond acceptors (Lipinski definition) is 8. The first-order chi connectivity index (χ1) is 19.7. The number of aromatic nitrogens is 5. The minimum atomic E-state index is -0.691. The van der Waals surface area contributed by atoms with Crippen LogP contribution in [0, 0.1) is 5.41 Å². The standard InChI is InChI=1S/C29H26BrN7O4/c1-16(38)26-19-11-17(18-13-31-28(41-3)32-14-18)7-8-20(19)36(35-26)15-25(39)37-21(12-29(2)10-9-22(29)37)27(40)34-24-6-4-5-23(30)33-24/h4-11,13-14,21-22H,12,15H2,1-3H3,(H,33,34,40)/t21-,22+,29+/m0/s1. The van der Waals surface area contributed by atoms with Crippen molar-refractivity contribution in [2.45, 2.75) is 38.9 Å². The molecule has 0 saturated carbocycles. The highest BCUT2D eigenvalue weighted by Gasteiger charge is 2.55. The first-order valence-corrected chi connectivity index (χ1v) is 13.8. The van der Waals surface area contributed by atoms with E-state index in [-0.39, 0.29) is 47.3 Å². The average Bonchev–Trinajstić information content (AvgIpc) is 3.41. The zero-order chi connectivity index (χ0) is 28.9. The molecule has 4 heterocycles. The van der Waals surface area contributed by atoms with Gasteiger partial charge < -0.3 is 15.0 Å². The molecule has 2 aliphatic rings. The van der Waals surface area contributed by atoms with Crippen LogP contribution in [-0.2, 0) is 16.1 Å². The number of carbonyl (C=O) groups is 3. The van der Waals surface area contributed by atoms with Gasteiger partial charge in [0.2, 0.25) is 11.8 Å². The molecule has 1 saturated heterocycles. The molecule has 0 radical (unpaired) electrons. The number of benzene rings is 1. The van der Waals surface area contributed by atoms with Crippen LogP contribution in [0.3, 0.4) is 0 Å². The third kappa shape index (κ3) is 4.77. The monoisotopic (exact) mass is 615 g/mol. The van der Waals surface area contributed by atoms with E-state index in [0.29, 0.717) is 27.7 Å². The molecule has 11 nitrogen and oxygen atoms in total. The molecule has 6 rings (SSSR count). The van der Waals surface area contributed by atoms with Gasteiger partial charge in [0.1, 0.15) is 28.7 Å². The van der Waals surface area contributed by atoms with Crippen molar-refractivity contribution >= 4 is 50.2 Å². The van der Waals surface area contributed by atoms with Gasteiger partial charge in [-0.3, -0.25) is 19.1 Å². The van der Waals surface area contributed by atoms with E-state index in [2.05, 4.69) is 41.3 Å². The number of fused-ring (bicyclic) bond motifs is 2. The van der Waals surface area contributed by atoms with Crippen LogP contribution in [0.15, 0.2) is 65.5 Å². The smallest absolute Gasteiger partial charge is 0.316 e. The van der Waals surface area contributed by atoms with Gasteiger partial charge in [0.25, 0.3) is 0 Å². The predicted molar refractivity (Wildman–Crippen MR) is 154 cm³/mol. The Morgan fingerprint density at radius 3 is 2.59 bits per heavy atom. The fraction of sp³-hybridized carbons (Fsp3) is 0.276. The third-order valence-corrected chi connectivity index (χ3v) is 8.12. The molecule has 41 heavy (non-hydrogen) atoms. The summed E-state index contributed by atoms with van der Waals surface area (Å²) in [6, 6.07) is 10.1. The molecular weight excluding hydrogens is 590 g/mol. The summed E-state index contributed by atoms with van der Waals surface area (Å²) in [5, 5.41) is 7.99. The van der Waals surface area contributed by atoms with Crippen molar-refractivity contribution in [3.63, 3.8) is 0 Å². The number of anilines is 1. The summed E-state index contributed by atoms with van der Waals surface area (Å²) in [5.41, 5.74) is 2.13. The van der Waals surface area contributed by atoms with Gasteiger partial charge in [-0.2, -0.15) is 5.10 Å². The number of nitrogens with one attached hydrogen (secondary N) is 1. The summed E-state index contributed by atoms with van der Waals surface area (Å²) in [7, 11) is 1.49. The Labute approximate surface area is 243 Å². The summed E-state index contributed by atoms with van der Waals surface area (Å²) in [6.07, 6.45) is 7.77. The fourth-order valence-corrected chi connectivity index (χ4v) is 5.92. The summed E-state index contributed by atoms with van der Waals surface area (Å²) in [4.78, 5) is 54.0. The van der Waals surface area contributed by atoms with Crippen LogP contribution in [0.4, 0.5) is 5.82 Å². The van der Waals surface area contributed by atoms with E-state index in [1.807, 2.05) is 37.3 Å². The molecular formula is C29H26BrN7O4. The molecule has 3 atom stereocenters. The second kappa shape index (κ2) is 10.2. The Hall–Kier alpha value is -4.45. The second-order valence-corrected chi connectivity index (χ2v) is 11.2. The SMILES string of the molecule is COc1ncc(-c2ccc3c(c2)c(C(C)=O)nn3CC(=O)N2[C@H](C(=O)Nc3cccc(Br)n3)C[C@@]3(C)C=C[C@@H]23)cn1. The lowest BCUT2D eigenvalue weighted by atomic mass is 9.73. The van der Waals surface area contributed by atoms with Crippen molar-refractivity contribution in [3.05, 3.63) is 71.2 Å². The Balaban J connectivity index is 1.30. The van der Waals surface area contributed by atoms with Crippen LogP contribution in [0.2, 0.25) is 0 Å². The van der Waals surface area contributed by atoms with Crippen molar-refractivity contribution in [1.82, 2.24) is 29.6 Å². The van der Waals surface area contributed by atoms with Crippen LogP contribution < -0.4 is 10.1 Å². The van der Waals surface area contributed by atoms with Crippen molar-refractivity contribution in [2.24, 2.45) is 5.41 Å². The van der Waals surface area contributed by atoms with Gasteiger partial charge in [0, 0.05) is 35.7 Å². The summed E-state index contributed by atoms with van der Waals surface area (Å²) in [5.74, 6) is -0.393. The van der Waals surface area contributed by atoms with Gasteiger partial charge in [-0.15, -0.1) is 0 Å². The molecule has 3 aromatic heterocycles. The number of ether oxygens (including phenoxy) is 1. The Kier molecular flexibility index (Phi) is 6.65. The zero-order valence-electron chi connectivity index (χ0n) is 22.5. The van der Waals surface area contributed by atoms with Gasteiger partial charge >= 0.3 is 6.01 Å². The molecule has 0 unspecified atom stereocenters. The number of ketones is 1. The van der Waals surface area contributed by atoms with Crippen molar-refractivity contribution in [3.8, 4) is 17.1 Å². The number of carbonyl (C=O) groups excluding carboxylic acids is 3. The van der Waals surface area contributed by atoms with Gasteiger partial charge in [0.15, 0.2) is 5.78 Å². The largest absolute Gasteiger partial charge is 0.467 e. The number of pyridine rings is 1. The highest BCUT2D eigenvalue weighted by molar-refractivity contribution is 9.10. The number of Topliss-reactive ketones (excluding diaryl/α,β-unsaturated/α-hetero) is 1. The molecule has 1 fully saturated rings. The maximum absolute atomic E-state index is 13.9. The number of halogens is 1.